The van der Waals surface area contributed by atoms with E-state index in [1.165, 1.54) is 0 Å². The minimum absolute atomic E-state index is 0.0535. The molecule has 5 nitrogen and oxygen atoms in total. The van der Waals surface area contributed by atoms with Gasteiger partial charge in [0.05, 0.1) is 6.42 Å². The van der Waals surface area contributed by atoms with E-state index in [2.05, 4.69) is 5.32 Å². The standard InChI is InChI=1S/C8H16N2O3/c9-5-1-2-6-10-7(11)3-4-8(12)13/h1-6,9H2,(H,10,11)(H,12,13). The van der Waals surface area contributed by atoms with Gasteiger partial charge >= 0.3 is 5.97 Å². The number of unbranched alkanes of at least 4 members (excludes halogenated alkanes) is 1. The summed E-state index contributed by atoms with van der Waals surface area (Å²) < 4.78 is 0. The number of hydrogen-bond acceptors (Lipinski definition) is 3. The Kier molecular flexibility index (Phi) is 6.91. The Morgan fingerprint density at radius 2 is 1.92 bits per heavy atom. The smallest absolute Gasteiger partial charge is 0.303 e. The van der Waals surface area contributed by atoms with Crippen molar-refractivity contribution in [3.63, 3.8) is 0 Å². The molecule has 0 bridgehead atoms. The van der Waals surface area contributed by atoms with Gasteiger partial charge in [0.1, 0.15) is 0 Å². The van der Waals surface area contributed by atoms with Crippen LogP contribution in [-0.4, -0.2) is 30.1 Å². The number of carboxylic acid groups (broad SMARTS) is 1. The highest BCUT2D eigenvalue weighted by Crippen LogP contribution is 1.89. The lowest BCUT2D eigenvalue weighted by Crippen LogP contribution is -2.25. The van der Waals surface area contributed by atoms with Gasteiger partial charge in [-0.15, -0.1) is 0 Å². The van der Waals surface area contributed by atoms with Crippen LogP contribution in [-0.2, 0) is 9.59 Å². The van der Waals surface area contributed by atoms with Crippen molar-refractivity contribution >= 4 is 11.9 Å². The van der Waals surface area contributed by atoms with E-state index in [0.29, 0.717) is 13.1 Å². The Labute approximate surface area is 77.3 Å². The van der Waals surface area contributed by atoms with Crippen LogP contribution >= 0.6 is 0 Å². The first kappa shape index (κ1) is 11.9. The third-order valence-corrected chi connectivity index (χ3v) is 1.52. The Bertz CT molecular complexity index is 171. The molecule has 76 valence electrons. The lowest BCUT2D eigenvalue weighted by atomic mass is 10.3. The fourth-order valence-corrected chi connectivity index (χ4v) is 0.806. The van der Waals surface area contributed by atoms with E-state index in [4.69, 9.17) is 10.8 Å². The largest absolute Gasteiger partial charge is 0.481 e. The number of amides is 1. The number of aliphatic carboxylic acids is 1. The van der Waals surface area contributed by atoms with Gasteiger partial charge in [-0.3, -0.25) is 9.59 Å². The molecule has 5 heteroatoms. The van der Waals surface area contributed by atoms with Gasteiger partial charge in [-0.2, -0.15) is 0 Å². The van der Waals surface area contributed by atoms with E-state index in [1.54, 1.807) is 0 Å². The number of carbonyl (C=O) groups is 2. The maximum absolute atomic E-state index is 10.9. The molecule has 0 heterocycles. The van der Waals surface area contributed by atoms with Crippen molar-refractivity contribution in [2.75, 3.05) is 13.1 Å². The topological polar surface area (TPSA) is 92.4 Å². The lowest BCUT2D eigenvalue weighted by Gasteiger charge is -2.02. The second-order valence-electron chi connectivity index (χ2n) is 2.74. The van der Waals surface area contributed by atoms with Gasteiger partial charge in [-0.25, -0.2) is 0 Å². The first-order valence-corrected chi connectivity index (χ1v) is 4.35. The molecule has 0 unspecified atom stereocenters. The third-order valence-electron chi connectivity index (χ3n) is 1.52. The summed E-state index contributed by atoms with van der Waals surface area (Å²) in [5.74, 6) is -1.16. The predicted octanol–water partition coefficient (Wildman–Crippen LogP) is -0.294. The number of carboxylic acids is 1. The van der Waals surface area contributed by atoms with Gasteiger partial charge in [0, 0.05) is 13.0 Å². The normalized spacial score (nSPS) is 9.62. The van der Waals surface area contributed by atoms with Gasteiger partial charge < -0.3 is 16.2 Å². The number of carbonyl (C=O) groups excluding carboxylic acids is 1. The highest BCUT2D eigenvalue weighted by atomic mass is 16.4. The number of rotatable bonds is 7. The van der Waals surface area contributed by atoms with Crippen LogP contribution in [0.25, 0.3) is 0 Å². The minimum atomic E-state index is -0.947. The third kappa shape index (κ3) is 8.81. The molecule has 4 N–H and O–H groups in total. The molecule has 0 atom stereocenters. The summed E-state index contributed by atoms with van der Waals surface area (Å²) >= 11 is 0. The maximum atomic E-state index is 10.9. The van der Waals surface area contributed by atoms with Crippen molar-refractivity contribution in [1.82, 2.24) is 5.32 Å². The average molecular weight is 188 g/mol. The zero-order valence-corrected chi connectivity index (χ0v) is 7.58. The van der Waals surface area contributed by atoms with Crippen LogP contribution in [0.5, 0.6) is 0 Å². The highest BCUT2D eigenvalue weighted by molar-refractivity contribution is 5.80. The van der Waals surface area contributed by atoms with Crippen molar-refractivity contribution < 1.29 is 14.7 Å². The summed E-state index contributed by atoms with van der Waals surface area (Å²) in [6.45, 7) is 1.20. The zero-order chi connectivity index (χ0) is 10.1. The van der Waals surface area contributed by atoms with E-state index < -0.39 is 5.97 Å². The first-order chi connectivity index (χ1) is 6.16. The second kappa shape index (κ2) is 7.54. The van der Waals surface area contributed by atoms with Crippen molar-refractivity contribution in [3.8, 4) is 0 Å². The zero-order valence-electron chi connectivity index (χ0n) is 7.58. The average Bonchev–Trinajstić information content (AvgIpc) is 2.09. The van der Waals surface area contributed by atoms with Crippen LogP contribution in [0.15, 0.2) is 0 Å². The molecule has 0 rings (SSSR count). The van der Waals surface area contributed by atoms with E-state index >= 15 is 0 Å². The summed E-state index contributed by atoms with van der Waals surface area (Å²) in [5.41, 5.74) is 5.25. The summed E-state index contributed by atoms with van der Waals surface area (Å²) in [6.07, 6.45) is 1.66. The van der Waals surface area contributed by atoms with Gasteiger partial charge in [0.2, 0.25) is 5.91 Å². The molecular weight excluding hydrogens is 172 g/mol. The lowest BCUT2D eigenvalue weighted by molar-refractivity contribution is -0.138. The monoisotopic (exact) mass is 188 g/mol. The molecule has 1 amide bonds. The molecule has 0 aliphatic rings. The molecule has 0 aliphatic heterocycles. The summed E-state index contributed by atoms with van der Waals surface area (Å²) in [7, 11) is 0. The summed E-state index contributed by atoms with van der Waals surface area (Å²) in [5, 5.41) is 10.9. The molecule has 0 saturated carbocycles. The molecule has 0 radical (unpaired) electrons. The Morgan fingerprint density at radius 1 is 1.23 bits per heavy atom. The van der Waals surface area contributed by atoms with Crippen LogP contribution < -0.4 is 11.1 Å². The van der Waals surface area contributed by atoms with Crippen LogP contribution in [0.2, 0.25) is 0 Å². The highest BCUT2D eigenvalue weighted by Gasteiger charge is 2.03. The van der Waals surface area contributed by atoms with E-state index in [9.17, 15) is 9.59 Å². The molecule has 0 fully saturated rings. The molecule has 0 spiro atoms. The number of nitrogens with one attached hydrogen (secondary N) is 1. The SMILES string of the molecule is NCCCCNC(=O)CCC(=O)O. The van der Waals surface area contributed by atoms with Crippen molar-refractivity contribution in [2.24, 2.45) is 5.73 Å². The van der Waals surface area contributed by atoms with Gasteiger partial charge in [-0.05, 0) is 19.4 Å². The second-order valence-corrected chi connectivity index (χ2v) is 2.74. The molecule has 13 heavy (non-hydrogen) atoms. The maximum Gasteiger partial charge on any atom is 0.303 e. The predicted molar refractivity (Wildman–Crippen MR) is 48.2 cm³/mol. The fraction of sp³-hybridized carbons (Fsp3) is 0.750. The molecule has 0 aromatic carbocycles. The van der Waals surface area contributed by atoms with Crippen LogP contribution in [0, 0.1) is 0 Å². The van der Waals surface area contributed by atoms with Crippen molar-refractivity contribution in [1.29, 1.82) is 0 Å². The van der Waals surface area contributed by atoms with Crippen molar-refractivity contribution in [3.05, 3.63) is 0 Å². The van der Waals surface area contributed by atoms with Gasteiger partial charge in [0.15, 0.2) is 0 Å². The molecule has 0 aromatic rings. The fourth-order valence-electron chi connectivity index (χ4n) is 0.806. The quantitative estimate of drug-likeness (QED) is 0.478. The van der Waals surface area contributed by atoms with Gasteiger partial charge in [-0.1, -0.05) is 0 Å². The van der Waals surface area contributed by atoms with E-state index in [-0.39, 0.29) is 18.7 Å². The van der Waals surface area contributed by atoms with Crippen LogP contribution in [0.4, 0.5) is 0 Å². The van der Waals surface area contributed by atoms with Crippen LogP contribution in [0.1, 0.15) is 25.7 Å². The van der Waals surface area contributed by atoms with Gasteiger partial charge in [0.25, 0.3) is 0 Å². The summed E-state index contributed by atoms with van der Waals surface area (Å²) in [6, 6.07) is 0. The van der Waals surface area contributed by atoms with Crippen LogP contribution in [0.3, 0.4) is 0 Å². The number of hydrogen-bond donors (Lipinski definition) is 3. The molecular formula is C8H16N2O3. The summed E-state index contributed by atoms with van der Waals surface area (Å²) in [4.78, 5) is 21.0. The minimum Gasteiger partial charge on any atom is -0.481 e. The Hall–Kier alpha value is -1.10. The van der Waals surface area contributed by atoms with E-state index in [0.717, 1.165) is 12.8 Å². The Morgan fingerprint density at radius 3 is 2.46 bits per heavy atom. The molecule has 0 aliphatic carbocycles. The van der Waals surface area contributed by atoms with E-state index in [1.807, 2.05) is 0 Å². The Balaban J connectivity index is 3.25. The van der Waals surface area contributed by atoms with Crippen molar-refractivity contribution in [2.45, 2.75) is 25.7 Å². The molecule has 0 saturated heterocycles. The first-order valence-electron chi connectivity index (χ1n) is 4.35. The number of nitrogens with two attached hydrogens (primary N) is 1. The molecule has 0 aromatic heterocycles.